The van der Waals surface area contributed by atoms with Gasteiger partial charge in [0.1, 0.15) is 18.3 Å². The van der Waals surface area contributed by atoms with Crippen molar-refractivity contribution in [1.82, 2.24) is 4.90 Å². The van der Waals surface area contributed by atoms with Crippen LogP contribution >= 0.6 is 0 Å². The molecule has 2 heterocycles. The Morgan fingerprint density at radius 1 is 1.00 bits per heavy atom. The molecule has 0 aromatic rings. The molecule has 2 rings (SSSR count). The van der Waals surface area contributed by atoms with Gasteiger partial charge < -0.3 is 14.6 Å². The minimum Gasteiger partial charge on any atom is -0.459 e. The second kappa shape index (κ2) is 7.49. The van der Waals surface area contributed by atoms with E-state index in [0.29, 0.717) is 24.0 Å². The number of likely N-dealkylation sites (N-methyl/N-ethyl adjacent to an activating group) is 1. The lowest BCUT2D eigenvalue weighted by Crippen LogP contribution is -2.46. The highest BCUT2D eigenvalue weighted by atomic mass is 16.6. The van der Waals surface area contributed by atoms with E-state index < -0.39 is 18.2 Å². The first kappa shape index (κ1) is 18.7. The molecular formula is C18H27NO5. The molecule has 24 heavy (non-hydrogen) atoms. The van der Waals surface area contributed by atoms with Crippen molar-refractivity contribution in [1.29, 1.82) is 0 Å². The molecule has 1 N–H and O–H groups in total. The summed E-state index contributed by atoms with van der Waals surface area (Å²) in [7, 11) is 1.91. The SMILES string of the molecule is C/C=C(/C)C(=O)OC1CC2C(O)C(OC(=O)/C(C)=C\C)C(C1)N2C. The molecule has 0 saturated carbocycles. The summed E-state index contributed by atoms with van der Waals surface area (Å²) in [6, 6.07) is -0.341. The van der Waals surface area contributed by atoms with E-state index in [1.54, 1.807) is 39.8 Å². The summed E-state index contributed by atoms with van der Waals surface area (Å²) in [6.07, 6.45) is 2.82. The lowest BCUT2D eigenvalue weighted by atomic mass is 10.00. The summed E-state index contributed by atoms with van der Waals surface area (Å²) in [6.45, 7) is 6.96. The number of nitrogens with zero attached hydrogens (tertiary/aromatic N) is 1. The lowest BCUT2D eigenvalue weighted by molar-refractivity contribution is -0.152. The van der Waals surface area contributed by atoms with E-state index in [1.165, 1.54) is 0 Å². The van der Waals surface area contributed by atoms with E-state index in [0.717, 1.165) is 0 Å². The van der Waals surface area contributed by atoms with Crippen molar-refractivity contribution in [2.45, 2.75) is 70.9 Å². The number of carbonyl (C=O) groups is 2. The van der Waals surface area contributed by atoms with Gasteiger partial charge >= 0.3 is 11.9 Å². The van der Waals surface area contributed by atoms with Gasteiger partial charge in [-0.2, -0.15) is 0 Å². The fraction of sp³-hybridized carbons (Fsp3) is 0.667. The van der Waals surface area contributed by atoms with Crippen molar-refractivity contribution in [3.05, 3.63) is 23.3 Å². The number of fused-ring (bicyclic) bond motifs is 2. The molecule has 0 spiro atoms. The van der Waals surface area contributed by atoms with Crippen LogP contribution in [-0.4, -0.2) is 59.4 Å². The average molecular weight is 337 g/mol. The number of aliphatic hydroxyl groups excluding tert-OH is 1. The molecule has 6 nitrogen and oxygen atoms in total. The molecule has 2 aliphatic rings. The third kappa shape index (κ3) is 3.54. The minimum atomic E-state index is -0.778. The quantitative estimate of drug-likeness (QED) is 0.620. The van der Waals surface area contributed by atoms with E-state index in [2.05, 4.69) is 0 Å². The number of esters is 2. The molecule has 0 aromatic carbocycles. The van der Waals surface area contributed by atoms with Crippen molar-refractivity contribution >= 4 is 11.9 Å². The fourth-order valence-corrected chi connectivity index (χ4v) is 3.35. The van der Waals surface area contributed by atoms with Gasteiger partial charge in [0.25, 0.3) is 0 Å². The van der Waals surface area contributed by atoms with E-state index in [9.17, 15) is 14.7 Å². The Bertz CT molecular complexity index is 568. The van der Waals surface area contributed by atoms with Crippen molar-refractivity contribution in [2.24, 2.45) is 0 Å². The van der Waals surface area contributed by atoms with Crippen molar-refractivity contribution in [2.75, 3.05) is 7.05 Å². The molecule has 0 aliphatic carbocycles. The normalized spacial score (nSPS) is 34.2. The molecule has 2 aliphatic heterocycles. The zero-order valence-electron chi connectivity index (χ0n) is 15.0. The van der Waals surface area contributed by atoms with E-state index in [-0.39, 0.29) is 24.2 Å². The third-order valence-corrected chi connectivity index (χ3v) is 5.19. The summed E-state index contributed by atoms with van der Waals surface area (Å²) in [5.41, 5.74) is 1.08. The standard InChI is InChI=1S/C18H27NO5/c1-6-10(3)17(21)23-12-8-13-15(20)16(14(9-12)19(13)5)24-18(22)11(4)7-2/h6-7,12-16,20H,8-9H2,1-5H3/b10-6-,11-7-. The van der Waals surface area contributed by atoms with E-state index >= 15 is 0 Å². The van der Waals surface area contributed by atoms with Crippen LogP contribution in [-0.2, 0) is 19.1 Å². The highest BCUT2D eigenvalue weighted by molar-refractivity contribution is 5.88. The summed E-state index contributed by atoms with van der Waals surface area (Å²) >= 11 is 0. The molecule has 5 unspecified atom stereocenters. The predicted molar refractivity (Wildman–Crippen MR) is 89.2 cm³/mol. The molecule has 2 bridgehead atoms. The van der Waals surface area contributed by atoms with Gasteiger partial charge in [-0.05, 0) is 34.7 Å². The summed E-state index contributed by atoms with van der Waals surface area (Å²) in [5, 5.41) is 10.5. The Balaban J connectivity index is 2.09. The molecule has 0 radical (unpaired) electrons. The molecule has 134 valence electrons. The largest absolute Gasteiger partial charge is 0.459 e. The molecule has 2 fully saturated rings. The second-order valence-corrected chi connectivity index (χ2v) is 6.60. The second-order valence-electron chi connectivity index (χ2n) is 6.60. The smallest absolute Gasteiger partial charge is 0.333 e. The molecule has 0 aromatic heterocycles. The molecule has 0 amide bonds. The van der Waals surface area contributed by atoms with Crippen LogP contribution in [0, 0.1) is 0 Å². The van der Waals surface area contributed by atoms with Crippen LogP contribution in [0.2, 0.25) is 0 Å². The molecule has 2 saturated heterocycles. The first-order chi connectivity index (χ1) is 11.3. The number of aliphatic hydroxyl groups is 1. The number of allylic oxidation sites excluding steroid dienone is 2. The molecule has 6 heteroatoms. The van der Waals surface area contributed by atoms with E-state index in [4.69, 9.17) is 9.47 Å². The van der Waals surface area contributed by atoms with Crippen molar-refractivity contribution in [3.63, 3.8) is 0 Å². The van der Waals surface area contributed by atoms with Gasteiger partial charge in [-0.25, -0.2) is 9.59 Å². The first-order valence-corrected chi connectivity index (χ1v) is 8.37. The van der Waals surface area contributed by atoms with Gasteiger partial charge in [0.15, 0.2) is 0 Å². The van der Waals surface area contributed by atoms with Gasteiger partial charge in [-0.3, -0.25) is 4.90 Å². The lowest BCUT2D eigenvalue weighted by Gasteiger charge is -2.36. The first-order valence-electron chi connectivity index (χ1n) is 8.37. The topological polar surface area (TPSA) is 76.1 Å². The highest BCUT2D eigenvalue weighted by Gasteiger charge is 2.53. The van der Waals surface area contributed by atoms with Crippen LogP contribution < -0.4 is 0 Å². The minimum absolute atomic E-state index is 0.156. The Morgan fingerprint density at radius 3 is 2.04 bits per heavy atom. The Morgan fingerprint density at radius 2 is 1.50 bits per heavy atom. The maximum absolute atomic E-state index is 12.0. The maximum atomic E-state index is 12.0. The number of hydrogen-bond acceptors (Lipinski definition) is 6. The zero-order chi connectivity index (χ0) is 18.0. The van der Waals surface area contributed by atoms with Crippen LogP contribution in [0.1, 0.15) is 40.5 Å². The number of rotatable bonds is 4. The third-order valence-electron chi connectivity index (χ3n) is 5.19. The van der Waals surface area contributed by atoms with Crippen molar-refractivity contribution in [3.8, 4) is 0 Å². The number of piperidine rings is 1. The van der Waals surface area contributed by atoms with Crippen molar-refractivity contribution < 1.29 is 24.2 Å². The number of ether oxygens (including phenoxy) is 2. The number of carbonyl (C=O) groups excluding carboxylic acids is 2. The van der Waals surface area contributed by atoms with Crippen LogP contribution in [0.15, 0.2) is 23.3 Å². The van der Waals surface area contributed by atoms with Gasteiger partial charge in [0, 0.05) is 30.0 Å². The highest BCUT2D eigenvalue weighted by Crippen LogP contribution is 2.38. The zero-order valence-corrected chi connectivity index (χ0v) is 15.0. The molecule has 5 atom stereocenters. The fourth-order valence-electron chi connectivity index (χ4n) is 3.35. The van der Waals surface area contributed by atoms with Gasteiger partial charge in [0.05, 0.1) is 6.04 Å². The summed E-state index contributed by atoms with van der Waals surface area (Å²) < 4.78 is 11.1. The van der Waals surface area contributed by atoms with E-state index in [1.807, 2.05) is 11.9 Å². The average Bonchev–Trinajstić information content (AvgIpc) is 2.70. The van der Waals surface area contributed by atoms with Crippen LogP contribution in [0.4, 0.5) is 0 Å². The van der Waals surface area contributed by atoms with Crippen LogP contribution in [0.3, 0.4) is 0 Å². The predicted octanol–water partition coefficient (Wildman–Crippen LogP) is 1.58. The van der Waals surface area contributed by atoms with Gasteiger partial charge in [-0.1, -0.05) is 12.2 Å². The number of hydrogen-bond donors (Lipinski definition) is 1. The maximum Gasteiger partial charge on any atom is 0.333 e. The summed E-state index contributed by atoms with van der Waals surface area (Å²) in [4.78, 5) is 26.0. The Labute approximate surface area is 143 Å². The van der Waals surface area contributed by atoms with Crippen LogP contribution in [0.25, 0.3) is 0 Å². The molecular weight excluding hydrogens is 310 g/mol. The summed E-state index contributed by atoms with van der Waals surface area (Å²) in [5.74, 6) is -0.750. The Hall–Kier alpha value is -1.66. The van der Waals surface area contributed by atoms with Gasteiger partial charge in [-0.15, -0.1) is 0 Å². The Kier molecular flexibility index (Phi) is 5.83. The monoisotopic (exact) mass is 337 g/mol. The van der Waals surface area contributed by atoms with Gasteiger partial charge in [0.2, 0.25) is 0 Å². The van der Waals surface area contributed by atoms with Crippen LogP contribution in [0.5, 0.6) is 0 Å².